The van der Waals surface area contributed by atoms with Gasteiger partial charge in [-0.25, -0.2) is 0 Å². The number of rotatable bonds is 4. The topological polar surface area (TPSA) is 29.1 Å². The van der Waals surface area contributed by atoms with Crippen LogP contribution in [0.2, 0.25) is 0 Å². The summed E-state index contributed by atoms with van der Waals surface area (Å²) in [5, 5.41) is 3.07. The summed E-state index contributed by atoms with van der Waals surface area (Å²) in [4.78, 5) is 11.5. The van der Waals surface area contributed by atoms with Crippen LogP contribution in [0.3, 0.4) is 0 Å². The van der Waals surface area contributed by atoms with Gasteiger partial charge in [0.15, 0.2) is 0 Å². The number of alkyl halides is 1. The van der Waals surface area contributed by atoms with E-state index in [9.17, 15) is 4.79 Å². The van der Waals surface area contributed by atoms with Crippen LogP contribution in [0.5, 0.6) is 0 Å². The van der Waals surface area contributed by atoms with Crippen LogP contribution < -0.4 is 5.32 Å². The predicted octanol–water partition coefficient (Wildman–Crippen LogP) is 3.49. The van der Waals surface area contributed by atoms with Gasteiger partial charge in [0.1, 0.15) is 0 Å². The van der Waals surface area contributed by atoms with Crippen molar-refractivity contribution in [3.05, 3.63) is 0 Å². The number of hydrogen-bond donors (Lipinski definition) is 1. The summed E-state index contributed by atoms with van der Waals surface area (Å²) in [6.45, 7) is 2.76. The number of carbonyl (C=O) groups excluding carboxylic acids is 1. The second kappa shape index (κ2) is 4.81. The highest BCUT2D eigenvalue weighted by atomic mass is 79.9. The Balaban J connectivity index is 1.54. The first kappa shape index (κ1) is 13.0. The molecule has 102 valence electrons. The van der Waals surface area contributed by atoms with Gasteiger partial charge in [0.25, 0.3) is 0 Å². The average Bonchev–Trinajstić information content (AvgIpc) is 2.26. The van der Waals surface area contributed by atoms with Gasteiger partial charge < -0.3 is 5.32 Å². The Morgan fingerprint density at radius 2 is 1.72 bits per heavy atom. The number of carbonyl (C=O) groups is 1. The van der Waals surface area contributed by atoms with Crippen LogP contribution in [0.4, 0.5) is 0 Å². The van der Waals surface area contributed by atoms with Crippen molar-refractivity contribution in [2.24, 2.45) is 23.2 Å². The molecule has 0 saturated heterocycles. The summed E-state index contributed by atoms with van der Waals surface area (Å²) in [7, 11) is 0. The molecular formula is C15H24BrNO. The van der Waals surface area contributed by atoms with E-state index in [1.54, 1.807) is 0 Å². The van der Waals surface area contributed by atoms with Gasteiger partial charge in [-0.2, -0.15) is 0 Å². The van der Waals surface area contributed by atoms with Gasteiger partial charge in [0.2, 0.25) is 5.91 Å². The van der Waals surface area contributed by atoms with E-state index in [1.807, 2.05) is 6.92 Å². The average molecular weight is 314 g/mol. The molecule has 0 aliphatic heterocycles. The Labute approximate surface area is 118 Å². The molecule has 1 amide bonds. The predicted molar refractivity (Wildman–Crippen MR) is 76.6 cm³/mol. The third kappa shape index (κ3) is 2.48. The van der Waals surface area contributed by atoms with E-state index >= 15 is 0 Å². The first-order valence-corrected chi connectivity index (χ1v) is 8.40. The molecule has 4 rings (SSSR count). The highest BCUT2D eigenvalue weighted by molar-refractivity contribution is 9.10. The number of amides is 1. The molecule has 4 bridgehead atoms. The lowest BCUT2D eigenvalue weighted by Crippen LogP contribution is -2.47. The van der Waals surface area contributed by atoms with Gasteiger partial charge in [-0.1, -0.05) is 15.9 Å². The maximum atomic E-state index is 11.6. The molecular weight excluding hydrogens is 290 g/mol. The second-order valence-electron chi connectivity index (χ2n) is 7.07. The SMILES string of the molecule is CC(Br)C(=O)NCCC12CC3CC(CC(C3)C1)C2. The lowest BCUT2D eigenvalue weighted by Gasteiger charge is -2.57. The monoisotopic (exact) mass is 313 g/mol. The zero-order valence-corrected chi connectivity index (χ0v) is 12.8. The molecule has 0 radical (unpaired) electrons. The lowest BCUT2D eigenvalue weighted by atomic mass is 9.49. The molecule has 3 heteroatoms. The molecule has 0 spiro atoms. The van der Waals surface area contributed by atoms with E-state index in [2.05, 4.69) is 21.2 Å². The van der Waals surface area contributed by atoms with Gasteiger partial charge in [-0.3, -0.25) is 4.79 Å². The number of halogens is 1. The third-order valence-electron chi connectivity index (χ3n) is 5.48. The smallest absolute Gasteiger partial charge is 0.233 e. The Morgan fingerprint density at radius 3 is 2.17 bits per heavy atom. The van der Waals surface area contributed by atoms with Crippen molar-refractivity contribution in [2.75, 3.05) is 6.54 Å². The van der Waals surface area contributed by atoms with Gasteiger partial charge in [-0.05, 0) is 75.0 Å². The minimum atomic E-state index is -0.0612. The van der Waals surface area contributed by atoms with Crippen LogP contribution in [0.25, 0.3) is 0 Å². The van der Waals surface area contributed by atoms with E-state index in [4.69, 9.17) is 0 Å². The summed E-state index contributed by atoms with van der Waals surface area (Å²) in [5.41, 5.74) is 0.595. The van der Waals surface area contributed by atoms with Crippen LogP contribution in [-0.4, -0.2) is 17.3 Å². The first-order valence-electron chi connectivity index (χ1n) is 7.48. The molecule has 2 nitrogen and oxygen atoms in total. The van der Waals surface area contributed by atoms with Crippen molar-refractivity contribution in [1.82, 2.24) is 5.32 Å². The summed E-state index contributed by atoms with van der Waals surface area (Å²) in [6.07, 6.45) is 10.1. The standard InChI is InChI=1S/C15H24BrNO/c1-10(16)14(18)17-3-2-15-7-11-4-12(8-15)6-13(5-11)9-15/h10-13H,2-9H2,1H3,(H,17,18). The van der Waals surface area contributed by atoms with E-state index < -0.39 is 0 Å². The molecule has 0 aromatic carbocycles. The van der Waals surface area contributed by atoms with Crippen LogP contribution in [0, 0.1) is 23.2 Å². The zero-order chi connectivity index (χ0) is 12.8. The summed E-state index contributed by atoms with van der Waals surface area (Å²) >= 11 is 3.32. The van der Waals surface area contributed by atoms with E-state index in [1.165, 1.54) is 44.9 Å². The van der Waals surface area contributed by atoms with Crippen molar-refractivity contribution in [3.63, 3.8) is 0 Å². The summed E-state index contributed by atoms with van der Waals surface area (Å²) in [5.74, 6) is 3.19. The Bertz CT molecular complexity index is 304. The van der Waals surface area contributed by atoms with Gasteiger partial charge in [0, 0.05) is 6.54 Å². The normalized spacial score (nSPS) is 42.9. The maximum absolute atomic E-state index is 11.6. The van der Waals surface area contributed by atoms with Crippen molar-refractivity contribution in [1.29, 1.82) is 0 Å². The summed E-state index contributed by atoms with van der Waals surface area (Å²) in [6, 6.07) is 0. The minimum Gasteiger partial charge on any atom is -0.355 e. The van der Waals surface area contributed by atoms with Gasteiger partial charge in [0.05, 0.1) is 4.83 Å². The molecule has 1 unspecified atom stereocenters. The fraction of sp³-hybridized carbons (Fsp3) is 0.933. The molecule has 1 N–H and O–H groups in total. The molecule has 18 heavy (non-hydrogen) atoms. The van der Waals surface area contributed by atoms with E-state index in [0.29, 0.717) is 5.41 Å². The fourth-order valence-corrected chi connectivity index (χ4v) is 5.35. The molecule has 4 aliphatic carbocycles. The molecule has 4 saturated carbocycles. The largest absolute Gasteiger partial charge is 0.355 e. The lowest BCUT2D eigenvalue weighted by molar-refractivity contribution is -0.120. The van der Waals surface area contributed by atoms with Crippen molar-refractivity contribution in [2.45, 2.75) is 56.7 Å². The minimum absolute atomic E-state index is 0.0612. The quantitative estimate of drug-likeness (QED) is 0.791. The van der Waals surface area contributed by atoms with E-state index in [0.717, 1.165) is 24.3 Å². The zero-order valence-electron chi connectivity index (χ0n) is 11.3. The van der Waals surface area contributed by atoms with Crippen LogP contribution in [-0.2, 0) is 4.79 Å². The number of nitrogens with one attached hydrogen (secondary N) is 1. The molecule has 0 aromatic rings. The first-order chi connectivity index (χ1) is 8.56. The molecule has 0 aromatic heterocycles. The van der Waals surface area contributed by atoms with Gasteiger partial charge in [-0.15, -0.1) is 0 Å². The Hall–Kier alpha value is -0.0500. The van der Waals surface area contributed by atoms with Crippen LogP contribution in [0.15, 0.2) is 0 Å². The van der Waals surface area contributed by atoms with Crippen LogP contribution in [0.1, 0.15) is 51.9 Å². The third-order valence-corrected chi connectivity index (χ3v) is 5.90. The van der Waals surface area contributed by atoms with Crippen molar-refractivity contribution in [3.8, 4) is 0 Å². The summed E-state index contributed by atoms with van der Waals surface area (Å²) < 4.78 is 0. The van der Waals surface area contributed by atoms with Crippen molar-refractivity contribution < 1.29 is 4.79 Å². The molecule has 4 fully saturated rings. The van der Waals surface area contributed by atoms with E-state index in [-0.39, 0.29) is 10.7 Å². The maximum Gasteiger partial charge on any atom is 0.233 e. The highest BCUT2D eigenvalue weighted by Gasteiger charge is 2.50. The molecule has 0 heterocycles. The molecule has 1 atom stereocenters. The Morgan fingerprint density at radius 1 is 1.22 bits per heavy atom. The van der Waals surface area contributed by atoms with Gasteiger partial charge >= 0.3 is 0 Å². The number of hydrogen-bond acceptors (Lipinski definition) is 1. The fourth-order valence-electron chi connectivity index (χ4n) is 5.19. The molecule has 4 aliphatic rings. The Kier molecular flexibility index (Phi) is 3.46. The highest BCUT2D eigenvalue weighted by Crippen LogP contribution is 2.61. The van der Waals surface area contributed by atoms with Crippen LogP contribution >= 0.6 is 15.9 Å². The second-order valence-corrected chi connectivity index (χ2v) is 8.45. The van der Waals surface area contributed by atoms with Crippen molar-refractivity contribution >= 4 is 21.8 Å².